The molecule has 0 spiro atoms. The minimum atomic E-state index is -1.12. The van der Waals surface area contributed by atoms with Crippen molar-refractivity contribution in [3.8, 4) is 0 Å². The van der Waals surface area contributed by atoms with E-state index in [1.807, 2.05) is 0 Å². The molecule has 13 heavy (non-hydrogen) atoms. The summed E-state index contributed by atoms with van der Waals surface area (Å²) in [6, 6.07) is 3.92. The Kier molecular flexibility index (Phi) is 1.84. The molecule has 0 bridgehead atoms. The van der Waals surface area contributed by atoms with Crippen molar-refractivity contribution in [2.75, 3.05) is 0 Å². The number of aliphatic hydroxyl groups is 1. The molecular formula is C10H10F2O. The molecule has 1 aromatic rings. The van der Waals surface area contributed by atoms with Gasteiger partial charge in [0.25, 0.3) is 0 Å². The maximum atomic E-state index is 13.2. The summed E-state index contributed by atoms with van der Waals surface area (Å²) in [6.07, 6.45) is 1.91. The van der Waals surface area contributed by atoms with Crippen LogP contribution in [0.3, 0.4) is 0 Å². The molecule has 0 heterocycles. The van der Waals surface area contributed by atoms with Crippen LogP contribution in [0.1, 0.15) is 24.8 Å². The fourth-order valence-electron chi connectivity index (χ4n) is 1.64. The van der Waals surface area contributed by atoms with Crippen LogP contribution >= 0.6 is 0 Å². The zero-order valence-electron chi connectivity index (χ0n) is 7.06. The Balaban J connectivity index is 2.45. The Labute approximate surface area is 75.0 Å². The van der Waals surface area contributed by atoms with Gasteiger partial charge in [-0.2, -0.15) is 0 Å². The SMILES string of the molecule is OC1(c2cccc(F)c2F)CCC1. The third-order valence-electron chi connectivity index (χ3n) is 2.63. The molecule has 0 saturated heterocycles. The fraction of sp³-hybridized carbons (Fsp3) is 0.400. The van der Waals surface area contributed by atoms with Crippen LogP contribution in [0.15, 0.2) is 18.2 Å². The van der Waals surface area contributed by atoms with Crippen LogP contribution in [0.2, 0.25) is 0 Å². The maximum absolute atomic E-state index is 13.2. The monoisotopic (exact) mass is 184 g/mol. The van der Waals surface area contributed by atoms with Crippen LogP contribution in [0.5, 0.6) is 0 Å². The van der Waals surface area contributed by atoms with Crippen molar-refractivity contribution in [2.45, 2.75) is 24.9 Å². The minimum absolute atomic E-state index is 0.0961. The summed E-state index contributed by atoms with van der Waals surface area (Å²) in [5.74, 6) is -1.80. The summed E-state index contributed by atoms with van der Waals surface area (Å²) in [5.41, 5.74) is -1.02. The van der Waals surface area contributed by atoms with Crippen LogP contribution in [0.25, 0.3) is 0 Å². The number of benzene rings is 1. The van der Waals surface area contributed by atoms with E-state index in [4.69, 9.17) is 0 Å². The Morgan fingerprint density at radius 1 is 1.23 bits per heavy atom. The van der Waals surface area contributed by atoms with Crippen LogP contribution in [-0.4, -0.2) is 5.11 Å². The zero-order valence-corrected chi connectivity index (χ0v) is 7.06. The van der Waals surface area contributed by atoms with Gasteiger partial charge in [0.1, 0.15) is 0 Å². The van der Waals surface area contributed by atoms with Crippen molar-refractivity contribution < 1.29 is 13.9 Å². The van der Waals surface area contributed by atoms with E-state index in [0.717, 1.165) is 12.5 Å². The highest BCUT2D eigenvalue weighted by molar-refractivity contribution is 5.27. The molecule has 70 valence electrons. The lowest BCUT2D eigenvalue weighted by molar-refractivity contribution is -0.0421. The summed E-state index contributed by atoms with van der Waals surface area (Å²) in [4.78, 5) is 0. The minimum Gasteiger partial charge on any atom is -0.385 e. The van der Waals surface area contributed by atoms with Crippen LogP contribution in [0.4, 0.5) is 8.78 Å². The molecule has 0 amide bonds. The third-order valence-corrected chi connectivity index (χ3v) is 2.63. The van der Waals surface area contributed by atoms with Gasteiger partial charge >= 0.3 is 0 Å². The van der Waals surface area contributed by atoms with Gasteiger partial charge in [-0.05, 0) is 25.3 Å². The van der Waals surface area contributed by atoms with Gasteiger partial charge in [0.2, 0.25) is 0 Å². The Morgan fingerprint density at radius 3 is 2.46 bits per heavy atom. The number of rotatable bonds is 1. The normalized spacial score (nSPS) is 19.6. The highest BCUT2D eigenvalue weighted by atomic mass is 19.2. The quantitative estimate of drug-likeness (QED) is 0.710. The molecule has 1 nitrogen and oxygen atoms in total. The summed E-state index contributed by atoms with van der Waals surface area (Å²) in [7, 11) is 0. The average Bonchev–Trinajstić information content (AvgIpc) is 2.06. The number of hydrogen-bond acceptors (Lipinski definition) is 1. The lowest BCUT2D eigenvalue weighted by Crippen LogP contribution is -2.34. The van der Waals surface area contributed by atoms with E-state index >= 15 is 0 Å². The van der Waals surface area contributed by atoms with E-state index in [1.165, 1.54) is 12.1 Å². The van der Waals surface area contributed by atoms with Gasteiger partial charge in [-0.3, -0.25) is 0 Å². The van der Waals surface area contributed by atoms with Gasteiger partial charge in [0.15, 0.2) is 11.6 Å². The molecule has 1 aromatic carbocycles. The fourth-order valence-corrected chi connectivity index (χ4v) is 1.64. The lowest BCUT2D eigenvalue weighted by Gasteiger charge is -2.37. The molecule has 1 aliphatic carbocycles. The molecule has 1 saturated carbocycles. The molecule has 2 rings (SSSR count). The lowest BCUT2D eigenvalue weighted by atomic mass is 9.75. The first kappa shape index (κ1) is 8.63. The van der Waals surface area contributed by atoms with E-state index in [9.17, 15) is 13.9 Å². The van der Waals surface area contributed by atoms with E-state index < -0.39 is 17.2 Å². The molecule has 0 aliphatic heterocycles. The summed E-state index contributed by atoms with van der Waals surface area (Å²) in [5, 5.41) is 9.78. The molecule has 0 unspecified atom stereocenters. The second-order valence-corrected chi connectivity index (χ2v) is 3.49. The van der Waals surface area contributed by atoms with Crippen molar-refractivity contribution in [3.05, 3.63) is 35.4 Å². The largest absolute Gasteiger partial charge is 0.385 e. The zero-order chi connectivity index (χ0) is 9.47. The van der Waals surface area contributed by atoms with Crippen LogP contribution in [0, 0.1) is 11.6 Å². The van der Waals surface area contributed by atoms with E-state index in [1.54, 1.807) is 0 Å². The second kappa shape index (κ2) is 2.77. The van der Waals surface area contributed by atoms with Gasteiger partial charge in [-0.1, -0.05) is 12.1 Å². The van der Waals surface area contributed by atoms with Gasteiger partial charge in [-0.15, -0.1) is 0 Å². The third kappa shape index (κ3) is 1.23. The highest BCUT2D eigenvalue weighted by Gasteiger charge is 2.38. The first-order chi connectivity index (χ1) is 6.13. The Hall–Kier alpha value is -0.960. The predicted octanol–water partition coefficient (Wildman–Crippen LogP) is 2.34. The van der Waals surface area contributed by atoms with Gasteiger partial charge in [0, 0.05) is 5.56 Å². The van der Waals surface area contributed by atoms with E-state index in [-0.39, 0.29) is 5.56 Å². The summed E-state index contributed by atoms with van der Waals surface area (Å²) in [6.45, 7) is 0. The standard InChI is InChI=1S/C10H10F2O/c11-8-4-1-3-7(9(8)12)10(13)5-2-6-10/h1,3-4,13H,2,5-6H2. The second-order valence-electron chi connectivity index (χ2n) is 3.49. The van der Waals surface area contributed by atoms with Crippen molar-refractivity contribution in [2.24, 2.45) is 0 Å². The van der Waals surface area contributed by atoms with Crippen molar-refractivity contribution >= 4 is 0 Å². The Bertz CT molecular complexity index is 332. The smallest absolute Gasteiger partial charge is 0.164 e. The maximum Gasteiger partial charge on any atom is 0.164 e. The van der Waals surface area contributed by atoms with Gasteiger partial charge < -0.3 is 5.11 Å². The van der Waals surface area contributed by atoms with Gasteiger partial charge in [0.05, 0.1) is 5.60 Å². The molecule has 1 fully saturated rings. The van der Waals surface area contributed by atoms with Gasteiger partial charge in [-0.25, -0.2) is 8.78 Å². The van der Waals surface area contributed by atoms with Crippen molar-refractivity contribution in [3.63, 3.8) is 0 Å². The highest BCUT2D eigenvalue weighted by Crippen LogP contribution is 2.42. The molecule has 1 N–H and O–H groups in total. The molecular weight excluding hydrogens is 174 g/mol. The molecule has 1 aliphatic rings. The predicted molar refractivity (Wildman–Crippen MR) is 44.1 cm³/mol. The van der Waals surface area contributed by atoms with Crippen molar-refractivity contribution in [1.29, 1.82) is 0 Å². The molecule has 0 aromatic heterocycles. The topological polar surface area (TPSA) is 20.2 Å². The first-order valence-corrected chi connectivity index (χ1v) is 4.30. The Morgan fingerprint density at radius 2 is 1.92 bits per heavy atom. The summed E-state index contributed by atoms with van der Waals surface area (Å²) < 4.78 is 26.0. The average molecular weight is 184 g/mol. The number of hydrogen-bond donors (Lipinski definition) is 1. The summed E-state index contributed by atoms with van der Waals surface area (Å²) >= 11 is 0. The van der Waals surface area contributed by atoms with Crippen LogP contribution < -0.4 is 0 Å². The van der Waals surface area contributed by atoms with Crippen LogP contribution in [-0.2, 0) is 5.60 Å². The molecule has 0 radical (unpaired) electrons. The molecule has 0 atom stereocenters. The molecule has 3 heteroatoms. The van der Waals surface area contributed by atoms with E-state index in [0.29, 0.717) is 12.8 Å². The van der Waals surface area contributed by atoms with Crippen molar-refractivity contribution in [1.82, 2.24) is 0 Å². The van der Waals surface area contributed by atoms with E-state index in [2.05, 4.69) is 0 Å². The number of halogens is 2. The first-order valence-electron chi connectivity index (χ1n) is 4.30.